The summed E-state index contributed by atoms with van der Waals surface area (Å²) in [6.45, 7) is 4.79. The number of unbranched alkanes of at least 4 members (excludes halogenated alkanes) is 1. The fraction of sp³-hybridized carbons (Fsp3) is 0.450. The largest absolute Gasteiger partial charge is 0.494 e. The Bertz CT molecular complexity index is 724. The van der Waals surface area contributed by atoms with Crippen LogP contribution in [-0.4, -0.2) is 55.8 Å². The fourth-order valence-electron chi connectivity index (χ4n) is 3.22. The molecule has 5 nitrogen and oxygen atoms in total. The molecule has 1 heterocycles. The molecule has 1 saturated heterocycles. The van der Waals surface area contributed by atoms with Gasteiger partial charge in [-0.3, -0.25) is 4.79 Å². The lowest BCUT2D eigenvalue weighted by Crippen LogP contribution is -2.44. The van der Waals surface area contributed by atoms with Crippen LogP contribution in [0.4, 0.5) is 5.69 Å². The monoisotopic (exact) mass is 342 g/mol. The average molecular weight is 342 g/mol. The van der Waals surface area contributed by atoms with E-state index >= 15 is 0 Å². The second-order valence-corrected chi connectivity index (χ2v) is 6.65. The van der Waals surface area contributed by atoms with Crippen LogP contribution in [0.1, 0.15) is 19.3 Å². The molecule has 1 aliphatic heterocycles. The maximum atomic E-state index is 10.5. The van der Waals surface area contributed by atoms with Crippen molar-refractivity contribution in [2.45, 2.75) is 19.3 Å². The number of rotatable bonds is 7. The summed E-state index contributed by atoms with van der Waals surface area (Å²) in [5.41, 5.74) is 1.27. The molecule has 0 spiro atoms. The van der Waals surface area contributed by atoms with E-state index in [1.165, 1.54) is 16.5 Å². The lowest BCUT2D eigenvalue weighted by Gasteiger charge is -2.34. The Kier molecular flexibility index (Phi) is 5.76. The van der Waals surface area contributed by atoms with Crippen molar-refractivity contribution in [2.24, 2.45) is 0 Å². The van der Waals surface area contributed by atoms with Gasteiger partial charge in [-0.2, -0.15) is 0 Å². The van der Waals surface area contributed by atoms with Crippen LogP contribution in [0.5, 0.6) is 5.75 Å². The predicted molar refractivity (Wildman–Crippen MR) is 101 cm³/mol. The van der Waals surface area contributed by atoms with Gasteiger partial charge < -0.3 is 19.6 Å². The van der Waals surface area contributed by atoms with Crippen molar-refractivity contribution >= 4 is 22.4 Å². The zero-order valence-electron chi connectivity index (χ0n) is 14.8. The first-order valence-corrected chi connectivity index (χ1v) is 8.94. The number of piperazine rings is 1. The standard InChI is InChI=1S/C20H26N2O3/c1-21-10-12-22(13-11-21)19-6-4-5-16-8-9-17(15-18(16)19)25-14-3-2-7-20(23)24/h4-6,8-9,15H,2-3,7,10-14H2,1H3,(H,23,24). The molecule has 0 saturated carbocycles. The quantitative estimate of drug-likeness (QED) is 0.783. The van der Waals surface area contributed by atoms with Crippen LogP contribution in [0.2, 0.25) is 0 Å². The van der Waals surface area contributed by atoms with E-state index in [9.17, 15) is 4.79 Å². The summed E-state index contributed by atoms with van der Waals surface area (Å²) >= 11 is 0. The molecule has 0 radical (unpaired) electrons. The maximum Gasteiger partial charge on any atom is 0.303 e. The number of likely N-dealkylation sites (N-methyl/N-ethyl adjacent to an activating group) is 1. The molecular weight excluding hydrogens is 316 g/mol. The lowest BCUT2D eigenvalue weighted by atomic mass is 10.1. The van der Waals surface area contributed by atoms with Crippen LogP contribution in [0.3, 0.4) is 0 Å². The molecule has 0 unspecified atom stereocenters. The number of anilines is 1. The lowest BCUT2D eigenvalue weighted by molar-refractivity contribution is -0.137. The van der Waals surface area contributed by atoms with Crippen LogP contribution >= 0.6 is 0 Å². The number of fused-ring (bicyclic) bond motifs is 1. The zero-order chi connectivity index (χ0) is 17.6. The maximum absolute atomic E-state index is 10.5. The van der Waals surface area contributed by atoms with Gasteiger partial charge in [-0.25, -0.2) is 0 Å². The minimum Gasteiger partial charge on any atom is -0.494 e. The van der Waals surface area contributed by atoms with Crippen LogP contribution in [0, 0.1) is 0 Å². The summed E-state index contributed by atoms with van der Waals surface area (Å²) in [5, 5.41) is 11.1. The Morgan fingerprint density at radius 1 is 1.12 bits per heavy atom. The van der Waals surface area contributed by atoms with Crippen molar-refractivity contribution in [1.29, 1.82) is 0 Å². The molecular formula is C20H26N2O3. The SMILES string of the molecule is CN1CCN(c2cccc3ccc(OCCCCC(=O)O)cc23)CC1. The highest BCUT2D eigenvalue weighted by atomic mass is 16.5. The van der Waals surface area contributed by atoms with E-state index in [-0.39, 0.29) is 6.42 Å². The van der Waals surface area contributed by atoms with Crippen molar-refractivity contribution in [3.8, 4) is 5.75 Å². The summed E-state index contributed by atoms with van der Waals surface area (Å²) in [7, 11) is 2.16. The Balaban J connectivity index is 1.70. The van der Waals surface area contributed by atoms with Crippen molar-refractivity contribution in [3.63, 3.8) is 0 Å². The fourth-order valence-corrected chi connectivity index (χ4v) is 3.22. The van der Waals surface area contributed by atoms with Crippen LogP contribution < -0.4 is 9.64 Å². The number of nitrogens with zero attached hydrogens (tertiary/aromatic N) is 2. The van der Waals surface area contributed by atoms with Gasteiger partial charge in [0.25, 0.3) is 0 Å². The van der Waals surface area contributed by atoms with E-state index in [1.54, 1.807) is 0 Å². The molecule has 1 N–H and O–H groups in total. The summed E-state index contributed by atoms with van der Waals surface area (Å²) in [6, 6.07) is 12.6. The highest BCUT2D eigenvalue weighted by Crippen LogP contribution is 2.30. The summed E-state index contributed by atoms with van der Waals surface area (Å²) < 4.78 is 5.84. The van der Waals surface area contributed by atoms with Gasteiger partial charge in [-0.05, 0) is 43.5 Å². The van der Waals surface area contributed by atoms with Crippen molar-refractivity contribution in [1.82, 2.24) is 4.90 Å². The van der Waals surface area contributed by atoms with Crippen molar-refractivity contribution in [2.75, 3.05) is 44.7 Å². The van der Waals surface area contributed by atoms with Crippen molar-refractivity contribution in [3.05, 3.63) is 36.4 Å². The molecule has 134 valence electrons. The molecule has 0 bridgehead atoms. The predicted octanol–water partition coefficient (Wildman–Crippen LogP) is 3.23. The molecule has 0 aliphatic carbocycles. The molecule has 1 aliphatic rings. The van der Waals surface area contributed by atoms with Gasteiger partial charge in [-0.15, -0.1) is 0 Å². The normalized spacial score (nSPS) is 15.5. The molecule has 2 aromatic carbocycles. The van der Waals surface area contributed by atoms with Gasteiger partial charge in [0.2, 0.25) is 0 Å². The topological polar surface area (TPSA) is 53.0 Å². The second kappa shape index (κ2) is 8.21. The Morgan fingerprint density at radius 3 is 2.68 bits per heavy atom. The number of ether oxygens (including phenoxy) is 1. The highest BCUT2D eigenvalue weighted by molar-refractivity contribution is 5.95. The van der Waals surface area contributed by atoms with Gasteiger partial charge in [0, 0.05) is 43.7 Å². The van der Waals surface area contributed by atoms with Crippen LogP contribution in [-0.2, 0) is 4.79 Å². The molecule has 2 aromatic rings. The van der Waals surface area contributed by atoms with E-state index in [2.05, 4.69) is 47.2 Å². The first kappa shape index (κ1) is 17.5. The number of carboxylic acids is 1. The molecule has 0 amide bonds. The van der Waals surface area contributed by atoms with Gasteiger partial charge in [0.05, 0.1) is 6.61 Å². The van der Waals surface area contributed by atoms with E-state index < -0.39 is 5.97 Å². The molecule has 0 aromatic heterocycles. The van der Waals surface area contributed by atoms with Gasteiger partial charge >= 0.3 is 5.97 Å². The van der Waals surface area contributed by atoms with Crippen LogP contribution in [0.15, 0.2) is 36.4 Å². The molecule has 0 atom stereocenters. The van der Waals surface area contributed by atoms with Crippen molar-refractivity contribution < 1.29 is 14.6 Å². The number of carboxylic acid groups (broad SMARTS) is 1. The third kappa shape index (κ3) is 4.63. The summed E-state index contributed by atoms with van der Waals surface area (Å²) in [6.07, 6.45) is 1.61. The third-order valence-electron chi connectivity index (χ3n) is 4.73. The number of carbonyl (C=O) groups is 1. The first-order chi connectivity index (χ1) is 12.1. The Morgan fingerprint density at radius 2 is 1.92 bits per heavy atom. The zero-order valence-corrected chi connectivity index (χ0v) is 14.8. The van der Waals surface area contributed by atoms with E-state index in [4.69, 9.17) is 9.84 Å². The minimum absolute atomic E-state index is 0.203. The van der Waals surface area contributed by atoms with Gasteiger partial charge in [0.1, 0.15) is 5.75 Å². The first-order valence-electron chi connectivity index (χ1n) is 8.94. The molecule has 1 fully saturated rings. The Hall–Kier alpha value is -2.27. The van der Waals surface area contributed by atoms with E-state index in [0.717, 1.165) is 38.3 Å². The summed E-state index contributed by atoms with van der Waals surface area (Å²) in [4.78, 5) is 15.3. The summed E-state index contributed by atoms with van der Waals surface area (Å²) in [5.74, 6) is 0.104. The van der Waals surface area contributed by atoms with Gasteiger partial charge in [0.15, 0.2) is 0 Å². The molecule has 3 rings (SSSR count). The number of hydrogen-bond donors (Lipinski definition) is 1. The number of aliphatic carboxylic acids is 1. The minimum atomic E-state index is -0.748. The average Bonchev–Trinajstić information content (AvgIpc) is 2.61. The van der Waals surface area contributed by atoms with Crippen LogP contribution in [0.25, 0.3) is 10.8 Å². The highest BCUT2D eigenvalue weighted by Gasteiger charge is 2.16. The second-order valence-electron chi connectivity index (χ2n) is 6.65. The van der Waals surface area contributed by atoms with E-state index in [0.29, 0.717) is 13.0 Å². The van der Waals surface area contributed by atoms with Gasteiger partial charge in [-0.1, -0.05) is 18.2 Å². The molecule has 5 heteroatoms. The molecule has 25 heavy (non-hydrogen) atoms. The third-order valence-corrected chi connectivity index (χ3v) is 4.73. The number of benzene rings is 2. The Labute approximate surface area is 148 Å². The van der Waals surface area contributed by atoms with E-state index in [1.807, 2.05) is 6.07 Å². The smallest absolute Gasteiger partial charge is 0.303 e. The number of hydrogen-bond acceptors (Lipinski definition) is 4.